The van der Waals surface area contributed by atoms with E-state index in [4.69, 9.17) is 0 Å². The van der Waals surface area contributed by atoms with E-state index >= 15 is 0 Å². The molecule has 3 aromatic rings. The Labute approximate surface area is 158 Å². The lowest BCUT2D eigenvalue weighted by molar-refractivity contribution is -0.136. The third kappa shape index (κ3) is 4.08. The Morgan fingerprint density at radius 3 is 2.30 bits per heavy atom. The standard InChI is InChI=1S/C22H22N2O3/c1-3-15-10-12-16(13-11-15)14(2)23-21(26)22(27)24-19-8-4-7-18-17(19)6-5-9-20(18)25/h4-14,25H,3H2,1-2H3,(H,23,26)(H,24,27). The van der Waals surface area contributed by atoms with Crippen molar-refractivity contribution in [1.29, 1.82) is 0 Å². The normalized spacial score (nSPS) is 11.8. The number of aryl methyl sites for hydroxylation is 1. The van der Waals surface area contributed by atoms with Crippen molar-refractivity contribution in [3.05, 3.63) is 71.8 Å². The van der Waals surface area contributed by atoms with Gasteiger partial charge in [0.15, 0.2) is 0 Å². The summed E-state index contributed by atoms with van der Waals surface area (Å²) >= 11 is 0. The highest BCUT2D eigenvalue weighted by molar-refractivity contribution is 6.40. The predicted octanol–water partition coefficient (Wildman–Crippen LogP) is 3.92. The molecule has 0 radical (unpaired) electrons. The minimum Gasteiger partial charge on any atom is -0.507 e. The van der Waals surface area contributed by atoms with Crippen LogP contribution in [0, 0.1) is 0 Å². The molecule has 0 fully saturated rings. The minimum atomic E-state index is -0.747. The molecule has 5 nitrogen and oxygen atoms in total. The average Bonchev–Trinajstić information content (AvgIpc) is 2.68. The molecule has 1 unspecified atom stereocenters. The molecule has 0 aliphatic heterocycles. The third-order valence-electron chi connectivity index (χ3n) is 4.59. The summed E-state index contributed by atoms with van der Waals surface area (Å²) in [6.45, 7) is 3.92. The lowest BCUT2D eigenvalue weighted by atomic mass is 10.0. The summed E-state index contributed by atoms with van der Waals surface area (Å²) < 4.78 is 0. The van der Waals surface area contributed by atoms with Crippen molar-refractivity contribution in [2.75, 3.05) is 5.32 Å². The van der Waals surface area contributed by atoms with Crippen molar-refractivity contribution < 1.29 is 14.7 Å². The molecule has 0 aliphatic carbocycles. The number of anilines is 1. The van der Waals surface area contributed by atoms with Gasteiger partial charge in [0.05, 0.1) is 6.04 Å². The first-order chi connectivity index (χ1) is 13.0. The molecule has 0 saturated heterocycles. The van der Waals surface area contributed by atoms with Crippen LogP contribution < -0.4 is 10.6 Å². The summed E-state index contributed by atoms with van der Waals surface area (Å²) in [7, 11) is 0. The van der Waals surface area contributed by atoms with Crippen molar-refractivity contribution in [2.45, 2.75) is 26.3 Å². The van der Waals surface area contributed by atoms with Gasteiger partial charge in [-0.05, 0) is 36.6 Å². The van der Waals surface area contributed by atoms with Crippen molar-refractivity contribution in [2.24, 2.45) is 0 Å². The molecule has 0 spiro atoms. The molecular formula is C22H22N2O3. The smallest absolute Gasteiger partial charge is 0.313 e. The van der Waals surface area contributed by atoms with Gasteiger partial charge in [-0.2, -0.15) is 0 Å². The Balaban J connectivity index is 1.71. The average molecular weight is 362 g/mol. The molecule has 3 aromatic carbocycles. The van der Waals surface area contributed by atoms with Crippen LogP contribution in [0.2, 0.25) is 0 Å². The zero-order valence-electron chi connectivity index (χ0n) is 15.3. The molecule has 2 amide bonds. The summed E-state index contributed by atoms with van der Waals surface area (Å²) in [5, 5.41) is 16.5. The molecule has 0 heterocycles. The molecular weight excluding hydrogens is 340 g/mol. The Bertz CT molecular complexity index is 981. The maximum Gasteiger partial charge on any atom is 0.313 e. The fraction of sp³-hybridized carbons (Fsp3) is 0.182. The number of carbonyl (C=O) groups is 2. The van der Waals surface area contributed by atoms with E-state index in [1.165, 1.54) is 5.56 Å². The number of aromatic hydroxyl groups is 1. The van der Waals surface area contributed by atoms with Gasteiger partial charge >= 0.3 is 11.8 Å². The van der Waals surface area contributed by atoms with Crippen LogP contribution in [0.1, 0.15) is 31.0 Å². The summed E-state index contributed by atoms with van der Waals surface area (Å²) in [5.74, 6) is -1.33. The number of hydrogen-bond donors (Lipinski definition) is 3. The van der Waals surface area contributed by atoms with Gasteiger partial charge < -0.3 is 15.7 Å². The lowest BCUT2D eigenvalue weighted by Gasteiger charge is -2.15. The van der Waals surface area contributed by atoms with Crippen molar-refractivity contribution in [3.8, 4) is 5.75 Å². The summed E-state index contributed by atoms with van der Waals surface area (Å²) in [5.41, 5.74) is 2.63. The summed E-state index contributed by atoms with van der Waals surface area (Å²) in [6.07, 6.45) is 0.948. The minimum absolute atomic E-state index is 0.122. The third-order valence-corrected chi connectivity index (χ3v) is 4.59. The summed E-state index contributed by atoms with van der Waals surface area (Å²) in [6, 6.07) is 17.9. The SMILES string of the molecule is CCc1ccc(C(C)NC(=O)C(=O)Nc2cccc3c(O)cccc23)cc1. The molecule has 1 atom stereocenters. The number of benzene rings is 3. The molecule has 0 bridgehead atoms. The number of hydrogen-bond acceptors (Lipinski definition) is 3. The van der Waals surface area contributed by atoms with Crippen LogP contribution >= 0.6 is 0 Å². The van der Waals surface area contributed by atoms with Crippen LogP contribution in [-0.2, 0) is 16.0 Å². The number of rotatable bonds is 4. The van der Waals surface area contributed by atoms with Crippen molar-refractivity contribution >= 4 is 28.3 Å². The molecule has 3 N–H and O–H groups in total. The Morgan fingerprint density at radius 2 is 1.59 bits per heavy atom. The zero-order valence-corrected chi connectivity index (χ0v) is 15.3. The first kappa shape index (κ1) is 18.5. The number of phenolic OH excluding ortho intramolecular Hbond substituents is 1. The van der Waals surface area contributed by atoms with Crippen molar-refractivity contribution in [3.63, 3.8) is 0 Å². The van der Waals surface area contributed by atoms with E-state index in [9.17, 15) is 14.7 Å². The van der Waals surface area contributed by atoms with Crippen LogP contribution in [0.4, 0.5) is 5.69 Å². The summed E-state index contributed by atoms with van der Waals surface area (Å²) in [4.78, 5) is 24.6. The van der Waals surface area contributed by atoms with Gasteiger partial charge in [0.1, 0.15) is 5.75 Å². The first-order valence-electron chi connectivity index (χ1n) is 8.91. The van der Waals surface area contributed by atoms with Gasteiger partial charge in [0, 0.05) is 16.5 Å². The highest BCUT2D eigenvalue weighted by Crippen LogP contribution is 2.29. The quantitative estimate of drug-likeness (QED) is 0.616. The monoisotopic (exact) mass is 362 g/mol. The second-order valence-corrected chi connectivity index (χ2v) is 6.42. The first-order valence-corrected chi connectivity index (χ1v) is 8.91. The fourth-order valence-corrected chi connectivity index (χ4v) is 2.97. The van der Waals surface area contributed by atoms with Crippen LogP contribution in [-0.4, -0.2) is 16.9 Å². The van der Waals surface area contributed by atoms with Crippen LogP contribution in [0.15, 0.2) is 60.7 Å². The Morgan fingerprint density at radius 1 is 0.926 bits per heavy atom. The van der Waals surface area contributed by atoms with Gasteiger partial charge in [-0.3, -0.25) is 9.59 Å². The van der Waals surface area contributed by atoms with E-state index in [2.05, 4.69) is 17.6 Å². The van der Waals surface area contributed by atoms with Gasteiger partial charge in [-0.1, -0.05) is 55.5 Å². The molecule has 0 saturated carbocycles. The Hall–Kier alpha value is -3.34. The number of nitrogens with one attached hydrogen (secondary N) is 2. The van der Waals surface area contributed by atoms with Gasteiger partial charge in [0.2, 0.25) is 0 Å². The topological polar surface area (TPSA) is 78.4 Å². The van der Waals surface area contributed by atoms with Crippen LogP contribution in [0.25, 0.3) is 10.8 Å². The lowest BCUT2D eigenvalue weighted by Crippen LogP contribution is -2.36. The predicted molar refractivity (Wildman–Crippen MR) is 107 cm³/mol. The van der Waals surface area contributed by atoms with E-state index in [1.54, 1.807) is 36.4 Å². The second-order valence-electron chi connectivity index (χ2n) is 6.42. The second kappa shape index (κ2) is 7.91. The Kier molecular flexibility index (Phi) is 5.41. The number of carbonyl (C=O) groups excluding carboxylic acids is 2. The number of amides is 2. The highest BCUT2D eigenvalue weighted by Gasteiger charge is 2.18. The molecule has 27 heavy (non-hydrogen) atoms. The van der Waals surface area contributed by atoms with Crippen LogP contribution in [0.3, 0.4) is 0 Å². The fourth-order valence-electron chi connectivity index (χ4n) is 2.97. The van der Waals surface area contributed by atoms with E-state index in [0.29, 0.717) is 16.5 Å². The molecule has 0 aliphatic rings. The molecule has 5 heteroatoms. The number of phenols is 1. The maximum atomic E-state index is 12.3. The highest BCUT2D eigenvalue weighted by atomic mass is 16.3. The van der Waals surface area contributed by atoms with Gasteiger partial charge in [-0.15, -0.1) is 0 Å². The van der Waals surface area contributed by atoms with Gasteiger partial charge in [-0.25, -0.2) is 0 Å². The van der Waals surface area contributed by atoms with Gasteiger partial charge in [0.25, 0.3) is 0 Å². The van der Waals surface area contributed by atoms with E-state index in [1.807, 2.05) is 31.2 Å². The molecule has 3 rings (SSSR count). The number of fused-ring (bicyclic) bond motifs is 1. The van der Waals surface area contributed by atoms with E-state index in [-0.39, 0.29) is 11.8 Å². The van der Waals surface area contributed by atoms with E-state index < -0.39 is 11.8 Å². The molecule has 138 valence electrons. The molecule has 0 aromatic heterocycles. The van der Waals surface area contributed by atoms with E-state index in [0.717, 1.165) is 12.0 Å². The zero-order chi connectivity index (χ0) is 19.4. The van der Waals surface area contributed by atoms with Crippen molar-refractivity contribution in [1.82, 2.24) is 5.32 Å². The van der Waals surface area contributed by atoms with Crippen LogP contribution in [0.5, 0.6) is 5.75 Å². The largest absolute Gasteiger partial charge is 0.507 e. The maximum absolute atomic E-state index is 12.3.